The highest BCUT2D eigenvalue weighted by atomic mass is 32.1. The molecule has 0 saturated carbocycles. The molecule has 110 valence electrons. The van der Waals surface area contributed by atoms with E-state index in [0.717, 1.165) is 5.56 Å². The molecular formula is C12H13N5O3S. The van der Waals surface area contributed by atoms with Gasteiger partial charge < -0.3 is 10.1 Å². The molecule has 0 unspecified atom stereocenters. The Balaban J connectivity index is 1.80. The van der Waals surface area contributed by atoms with Crippen LogP contribution in [-0.4, -0.2) is 29.4 Å². The molecule has 0 aliphatic heterocycles. The molecule has 2 rings (SSSR count). The summed E-state index contributed by atoms with van der Waals surface area (Å²) >= 11 is 1.24. The van der Waals surface area contributed by atoms with Gasteiger partial charge in [-0.05, 0) is 17.7 Å². The van der Waals surface area contributed by atoms with Crippen LogP contribution in [0.3, 0.4) is 0 Å². The Morgan fingerprint density at radius 1 is 1.24 bits per heavy atom. The van der Waals surface area contributed by atoms with Crippen molar-refractivity contribution >= 4 is 34.3 Å². The molecule has 1 heterocycles. The number of hydrogen-bond donors (Lipinski definition) is 3. The minimum absolute atomic E-state index is 0.350. The Labute approximate surface area is 124 Å². The van der Waals surface area contributed by atoms with Gasteiger partial charge in [0.25, 0.3) is 0 Å². The minimum Gasteiger partial charge on any atom is -0.453 e. The third-order valence-electron chi connectivity index (χ3n) is 2.42. The van der Waals surface area contributed by atoms with E-state index < -0.39 is 6.09 Å². The van der Waals surface area contributed by atoms with Crippen LogP contribution in [0.5, 0.6) is 0 Å². The molecule has 0 bridgehead atoms. The molecule has 0 fully saturated rings. The van der Waals surface area contributed by atoms with Gasteiger partial charge in [0.05, 0.1) is 7.11 Å². The number of nitrogens with one attached hydrogen (secondary N) is 3. The van der Waals surface area contributed by atoms with E-state index >= 15 is 0 Å². The normalized spacial score (nSPS) is 9.76. The first-order chi connectivity index (χ1) is 10.2. The second-order valence-corrected chi connectivity index (χ2v) is 4.70. The molecule has 0 atom stereocenters. The summed E-state index contributed by atoms with van der Waals surface area (Å²) in [5, 5.41) is 15.5. The molecule has 0 saturated heterocycles. The predicted octanol–water partition coefficient (Wildman–Crippen LogP) is 2.04. The van der Waals surface area contributed by atoms with E-state index in [1.54, 1.807) is 24.3 Å². The second-order valence-electron chi connectivity index (χ2n) is 3.87. The number of nitrogens with zero attached hydrogens (tertiary/aromatic N) is 2. The van der Waals surface area contributed by atoms with Crippen LogP contribution < -0.4 is 16.0 Å². The SMILES string of the molecule is COC(=O)Nc1ccc(CNC(=O)Nc2nncs2)cc1. The Morgan fingerprint density at radius 2 is 2.00 bits per heavy atom. The van der Waals surface area contributed by atoms with E-state index in [1.807, 2.05) is 0 Å². The summed E-state index contributed by atoms with van der Waals surface area (Å²) in [5.41, 5.74) is 3.03. The van der Waals surface area contributed by atoms with Gasteiger partial charge in [0.2, 0.25) is 5.13 Å². The summed E-state index contributed by atoms with van der Waals surface area (Å²) in [4.78, 5) is 22.6. The monoisotopic (exact) mass is 307 g/mol. The standard InChI is InChI=1S/C12H13N5O3S/c1-20-12(19)15-9-4-2-8(3-5-9)6-13-10(18)16-11-17-14-7-21-11/h2-5,7H,6H2,1H3,(H,15,19)(H2,13,16,17,18). The van der Waals surface area contributed by atoms with Gasteiger partial charge in [-0.3, -0.25) is 10.6 Å². The van der Waals surface area contributed by atoms with Crippen molar-refractivity contribution in [3.63, 3.8) is 0 Å². The number of methoxy groups -OCH3 is 1. The van der Waals surface area contributed by atoms with Crippen molar-refractivity contribution in [3.05, 3.63) is 35.3 Å². The van der Waals surface area contributed by atoms with Crippen LogP contribution in [-0.2, 0) is 11.3 Å². The zero-order valence-electron chi connectivity index (χ0n) is 11.1. The van der Waals surface area contributed by atoms with Gasteiger partial charge in [0.1, 0.15) is 5.51 Å². The number of ether oxygens (including phenoxy) is 1. The van der Waals surface area contributed by atoms with Gasteiger partial charge >= 0.3 is 12.1 Å². The molecule has 0 spiro atoms. The molecule has 21 heavy (non-hydrogen) atoms. The molecule has 3 N–H and O–H groups in total. The zero-order valence-corrected chi connectivity index (χ0v) is 11.9. The van der Waals surface area contributed by atoms with E-state index in [4.69, 9.17) is 0 Å². The van der Waals surface area contributed by atoms with Crippen molar-refractivity contribution < 1.29 is 14.3 Å². The van der Waals surface area contributed by atoms with Crippen LogP contribution >= 0.6 is 11.3 Å². The number of rotatable bonds is 4. The highest BCUT2D eigenvalue weighted by Crippen LogP contribution is 2.10. The number of hydrogen-bond acceptors (Lipinski definition) is 6. The lowest BCUT2D eigenvalue weighted by molar-refractivity contribution is 0.187. The first kappa shape index (κ1) is 14.7. The predicted molar refractivity (Wildman–Crippen MR) is 78.2 cm³/mol. The first-order valence-electron chi connectivity index (χ1n) is 5.92. The van der Waals surface area contributed by atoms with Gasteiger partial charge in [0.15, 0.2) is 0 Å². The topological polar surface area (TPSA) is 105 Å². The van der Waals surface area contributed by atoms with E-state index in [9.17, 15) is 9.59 Å². The van der Waals surface area contributed by atoms with Crippen molar-refractivity contribution in [2.75, 3.05) is 17.7 Å². The van der Waals surface area contributed by atoms with Gasteiger partial charge in [-0.25, -0.2) is 9.59 Å². The van der Waals surface area contributed by atoms with Gasteiger partial charge in [-0.15, -0.1) is 10.2 Å². The molecule has 1 aromatic carbocycles. The fourth-order valence-corrected chi connectivity index (χ4v) is 1.87. The number of anilines is 2. The summed E-state index contributed by atoms with van der Waals surface area (Å²) in [5.74, 6) is 0. The van der Waals surface area contributed by atoms with Crippen LogP contribution in [0.4, 0.5) is 20.4 Å². The number of amides is 3. The van der Waals surface area contributed by atoms with Crippen LogP contribution in [0.1, 0.15) is 5.56 Å². The molecule has 9 heteroatoms. The van der Waals surface area contributed by atoms with E-state index in [1.165, 1.54) is 24.0 Å². The Morgan fingerprint density at radius 3 is 2.62 bits per heavy atom. The Hall–Kier alpha value is -2.68. The zero-order chi connectivity index (χ0) is 15.1. The lowest BCUT2D eigenvalue weighted by Gasteiger charge is -2.07. The smallest absolute Gasteiger partial charge is 0.411 e. The molecule has 0 aliphatic rings. The lowest BCUT2D eigenvalue weighted by Crippen LogP contribution is -2.28. The second kappa shape index (κ2) is 7.20. The first-order valence-corrected chi connectivity index (χ1v) is 6.80. The fraction of sp³-hybridized carbons (Fsp3) is 0.167. The van der Waals surface area contributed by atoms with Crippen molar-refractivity contribution in [1.29, 1.82) is 0 Å². The Kier molecular flexibility index (Phi) is 5.04. The highest BCUT2D eigenvalue weighted by Gasteiger charge is 2.04. The average molecular weight is 307 g/mol. The van der Waals surface area contributed by atoms with E-state index in [0.29, 0.717) is 17.4 Å². The number of aromatic nitrogens is 2. The number of benzene rings is 1. The largest absolute Gasteiger partial charge is 0.453 e. The molecule has 3 amide bonds. The summed E-state index contributed by atoms with van der Waals surface area (Å²) < 4.78 is 4.49. The highest BCUT2D eigenvalue weighted by molar-refractivity contribution is 7.13. The summed E-state index contributed by atoms with van der Waals surface area (Å²) in [6.07, 6.45) is -0.530. The molecular weight excluding hydrogens is 294 g/mol. The summed E-state index contributed by atoms with van der Waals surface area (Å²) in [6, 6.07) is 6.66. The quantitative estimate of drug-likeness (QED) is 0.801. The minimum atomic E-state index is -0.530. The third kappa shape index (κ3) is 4.73. The molecule has 0 aliphatic carbocycles. The molecule has 1 aromatic heterocycles. The maximum Gasteiger partial charge on any atom is 0.411 e. The van der Waals surface area contributed by atoms with Gasteiger partial charge in [-0.1, -0.05) is 23.5 Å². The number of urea groups is 1. The number of carbonyl (C=O) groups is 2. The summed E-state index contributed by atoms with van der Waals surface area (Å²) in [7, 11) is 1.30. The van der Waals surface area contributed by atoms with Crippen LogP contribution in [0, 0.1) is 0 Å². The van der Waals surface area contributed by atoms with Crippen molar-refractivity contribution in [2.24, 2.45) is 0 Å². The van der Waals surface area contributed by atoms with E-state index in [-0.39, 0.29) is 6.03 Å². The molecule has 0 radical (unpaired) electrons. The van der Waals surface area contributed by atoms with Crippen molar-refractivity contribution in [1.82, 2.24) is 15.5 Å². The molecule has 2 aromatic rings. The number of carbonyl (C=O) groups excluding carboxylic acids is 2. The van der Waals surface area contributed by atoms with Gasteiger partial charge in [-0.2, -0.15) is 0 Å². The summed E-state index contributed by atoms with van der Waals surface area (Å²) in [6.45, 7) is 0.350. The lowest BCUT2D eigenvalue weighted by atomic mass is 10.2. The Bertz CT molecular complexity index is 600. The van der Waals surface area contributed by atoms with Crippen LogP contribution in [0.15, 0.2) is 29.8 Å². The molecule has 8 nitrogen and oxygen atoms in total. The maximum atomic E-state index is 11.6. The van der Waals surface area contributed by atoms with E-state index in [2.05, 4.69) is 30.9 Å². The van der Waals surface area contributed by atoms with Crippen LogP contribution in [0.25, 0.3) is 0 Å². The van der Waals surface area contributed by atoms with Crippen molar-refractivity contribution in [2.45, 2.75) is 6.54 Å². The maximum absolute atomic E-state index is 11.6. The fourth-order valence-electron chi connectivity index (χ4n) is 1.43. The third-order valence-corrected chi connectivity index (χ3v) is 3.03. The van der Waals surface area contributed by atoms with Gasteiger partial charge in [0, 0.05) is 12.2 Å². The van der Waals surface area contributed by atoms with Crippen LogP contribution in [0.2, 0.25) is 0 Å². The van der Waals surface area contributed by atoms with Crippen molar-refractivity contribution in [3.8, 4) is 0 Å². The average Bonchev–Trinajstić information content (AvgIpc) is 2.99.